The predicted molar refractivity (Wildman–Crippen MR) is 49.2 cm³/mol. The van der Waals surface area contributed by atoms with E-state index in [0.717, 1.165) is 24.3 Å². The Morgan fingerprint density at radius 2 is 2.42 bits per heavy atom. The number of halogens is 1. The van der Waals surface area contributed by atoms with Gasteiger partial charge in [-0.3, -0.25) is 0 Å². The van der Waals surface area contributed by atoms with Crippen LogP contribution in [-0.2, 0) is 4.74 Å². The lowest BCUT2D eigenvalue weighted by Gasteiger charge is -2.14. The van der Waals surface area contributed by atoms with E-state index < -0.39 is 0 Å². The van der Waals surface area contributed by atoms with Crippen LogP contribution in [0.3, 0.4) is 0 Å². The first kappa shape index (κ1) is 10.0. The molecule has 0 saturated carbocycles. The molecule has 3 heteroatoms. The van der Waals surface area contributed by atoms with Crippen molar-refractivity contribution in [3.05, 3.63) is 11.1 Å². The fourth-order valence-corrected chi connectivity index (χ4v) is 1.62. The van der Waals surface area contributed by atoms with Crippen molar-refractivity contribution < 1.29 is 9.84 Å². The van der Waals surface area contributed by atoms with Gasteiger partial charge in [0.25, 0.3) is 0 Å². The molecule has 0 saturated heterocycles. The molecule has 0 aromatic heterocycles. The van der Waals surface area contributed by atoms with Crippen LogP contribution in [0.1, 0.15) is 25.7 Å². The van der Waals surface area contributed by atoms with Gasteiger partial charge in [0, 0.05) is 5.03 Å². The third-order valence-corrected chi connectivity index (χ3v) is 2.38. The highest BCUT2D eigenvalue weighted by Gasteiger charge is 2.14. The van der Waals surface area contributed by atoms with Gasteiger partial charge in [0.05, 0.1) is 19.3 Å². The van der Waals surface area contributed by atoms with Gasteiger partial charge in [-0.2, -0.15) is 0 Å². The number of hydrogen-bond acceptors (Lipinski definition) is 2. The molecule has 1 atom stereocenters. The van der Waals surface area contributed by atoms with Crippen molar-refractivity contribution in [3.8, 4) is 0 Å². The first-order valence-electron chi connectivity index (χ1n) is 4.42. The summed E-state index contributed by atoms with van der Waals surface area (Å²) in [5.74, 6) is 0. The molecule has 2 nitrogen and oxygen atoms in total. The summed E-state index contributed by atoms with van der Waals surface area (Å²) in [5, 5.41) is 9.37. The molecular formula is C9H15ClO2. The molecular weight excluding hydrogens is 176 g/mol. The maximum atomic E-state index is 8.57. The molecule has 1 N–H and O–H groups in total. The molecule has 0 aromatic rings. The van der Waals surface area contributed by atoms with Gasteiger partial charge in [-0.25, -0.2) is 0 Å². The van der Waals surface area contributed by atoms with E-state index in [-0.39, 0.29) is 12.7 Å². The molecule has 0 aliphatic heterocycles. The van der Waals surface area contributed by atoms with Crippen LogP contribution in [0.5, 0.6) is 0 Å². The van der Waals surface area contributed by atoms with Crippen LogP contribution in [0.15, 0.2) is 11.1 Å². The Bertz CT molecular complexity index is 157. The van der Waals surface area contributed by atoms with Crippen molar-refractivity contribution in [2.24, 2.45) is 0 Å². The molecule has 1 unspecified atom stereocenters. The third-order valence-electron chi connectivity index (χ3n) is 1.98. The monoisotopic (exact) mass is 190 g/mol. The highest BCUT2D eigenvalue weighted by atomic mass is 35.5. The van der Waals surface area contributed by atoms with Crippen molar-refractivity contribution in [1.82, 2.24) is 0 Å². The Morgan fingerprint density at radius 3 is 3.17 bits per heavy atom. The first-order chi connectivity index (χ1) is 5.84. The second-order valence-corrected chi connectivity index (χ2v) is 3.39. The molecule has 1 aliphatic carbocycles. The second kappa shape index (κ2) is 5.57. The van der Waals surface area contributed by atoms with Crippen LogP contribution in [0, 0.1) is 0 Å². The smallest absolute Gasteiger partial charge is 0.0928 e. The van der Waals surface area contributed by atoms with Crippen molar-refractivity contribution in [2.75, 3.05) is 13.2 Å². The second-order valence-electron chi connectivity index (χ2n) is 2.96. The number of ether oxygens (including phenoxy) is 1. The summed E-state index contributed by atoms with van der Waals surface area (Å²) in [4.78, 5) is 0. The molecule has 12 heavy (non-hydrogen) atoms. The lowest BCUT2D eigenvalue weighted by atomic mass is 10.2. The number of aliphatic hydroxyl groups excluding tert-OH is 1. The summed E-state index contributed by atoms with van der Waals surface area (Å²) in [6.07, 6.45) is 6.43. The van der Waals surface area contributed by atoms with E-state index >= 15 is 0 Å². The summed E-state index contributed by atoms with van der Waals surface area (Å²) in [6.45, 7) is 0.454. The summed E-state index contributed by atoms with van der Waals surface area (Å²) in [7, 11) is 0. The molecule has 1 rings (SSSR count). The Balaban J connectivity index is 2.37. The van der Waals surface area contributed by atoms with E-state index in [1.54, 1.807) is 0 Å². The minimum Gasteiger partial charge on any atom is -0.394 e. The van der Waals surface area contributed by atoms with E-state index in [2.05, 4.69) is 0 Å². The number of hydrogen-bond donors (Lipinski definition) is 1. The first-order valence-corrected chi connectivity index (χ1v) is 4.80. The highest BCUT2D eigenvalue weighted by Crippen LogP contribution is 2.23. The molecule has 70 valence electrons. The topological polar surface area (TPSA) is 29.5 Å². The fraction of sp³-hybridized carbons (Fsp3) is 0.778. The molecule has 0 aromatic carbocycles. The summed E-state index contributed by atoms with van der Waals surface area (Å²) >= 11 is 5.98. The SMILES string of the molecule is OCCOC1CCCCC=C1Cl. The molecule has 0 spiro atoms. The van der Waals surface area contributed by atoms with Crippen molar-refractivity contribution >= 4 is 11.6 Å². The summed E-state index contributed by atoms with van der Waals surface area (Å²) < 4.78 is 5.37. The largest absolute Gasteiger partial charge is 0.394 e. The van der Waals surface area contributed by atoms with Gasteiger partial charge in [0.2, 0.25) is 0 Å². The minimum absolute atomic E-state index is 0.0290. The number of rotatable bonds is 3. The molecule has 0 radical (unpaired) electrons. The van der Waals surface area contributed by atoms with Gasteiger partial charge in [-0.15, -0.1) is 0 Å². The lowest BCUT2D eigenvalue weighted by Crippen LogP contribution is -2.14. The van der Waals surface area contributed by atoms with E-state index in [0.29, 0.717) is 6.61 Å². The van der Waals surface area contributed by atoms with E-state index in [4.69, 9.17) is 21.4 Å². The predicted octanol–water partition coefficient (Wildman–Crippen LogP) is 2.06. The Hall–Kier alpha value is -0.0500. The van der Waals surface area contributed by atoms with Gasteiger partial charge < -0.3 is 9.84 Å². The van der Waals surface area contributed by atoms with E-state index in [1.165, 1.54) is 6.42 Å². The summed E-state index contributed by atoms with van der Waals surface area (Å²) in [6, 6.07) is 0. The minimum atomic E-state index is 0.0290. The van der Waals surface area contributed by atoms with E-state index in [9.17, 15) is 0 Å². The zero-order valence-electron chi connectivity index (χ0n) is 7.13. The van der Waals surface area contributed by atoms with Gasteiger partial charge in [0.1, 0.15) is 0 Å². The molecule has 0 amide bonds. The van der Waals surface area contributed by atoms with Gasteiger partial charge in [-0.1, -0.05) is 24.1 Å². The maximum Gasteiger partial charge on any atom is 0.0928 e. The quantitative estimate of drug-likeness (QED) is 0.739. The average molecular weight is 191 g/mol. The molecule has 0 heterocycles. The zero-order valence-corrected chi connectivity index (χ0v) is 7.89. The number of allylic oxidation sites excluding steroid dienone is 1. The van der Waals surface area contributed by atoms with Gasteiger partial charge in [0.15, 0.2) is 0 Å². The fourth-order valence-electron chi connectivity index (χ4n) is 1.34. The standard InChI is InChI=1S/C9H15ClO2/c10-8-4-2-1-3-5-9(8)12-7-6-11/h4,9,11H,1-3,5-7H2. The lowest BCUT2D eigenvalue weighted by molar-refractivity contribution is 0.0476. The molecule has 0 bridgehead atoms. The number of aliphatic hydroxyl groups is 1. The van der Waals surface area contributed by atoms with Crippen LogP contribution in [0.2, 0.25) is 0 Å². The Morgan fingerprint density at radius 1 is 1.58 bits per heavy atom. The van der Waals surface area contributed by atoms with Crippen molar-refractivity contribution in [1.29, 1.82) is 0 Å². The third kappa shape index (κ3) is 3.13. The van der Waals surface area contributed by atoms with Crippen LogP contribution in [0.25, 0.3) is 0 Å². The molecule has 0 fully saturated rings. The average Bonchev–Trinajstić information content (AvgIpc) is 2.27. The van der Waals surface area contributed by atoms with Gasteiger partial charge >= 0.3 is 0 Å². The van der Waals surface area contributed by atoms with Crippen molar-refractivity contribution in [3.63, 3.8) is 0 Å². The Labute approximate surface area is 78.2 Å². The van der Waals surface area contributed by atoms with Crippen LogP contribution >= 0.6 is 11.6 Å². The molecule has 1 aliphatic rings. The van der Waals surface area contributed by atoms with Crippen LogP contribution in [0.4, 0.5) is 0 Å². The van der Waals surface area contributed by atoms with Crippen molar-refractivity contribution in [2.45, 2.75) is 31.8 Å². The van der Waals surface area contributed by atoms with Crippen LogP contribution in [-0.4, -0.2) is 24.4 Å². The highest BCUT2D eigenvalue weighted by molar-refractivity contribution is 6.30. The van der Waals surface area contributed by atoms with Gasteiger partial charge in [-0.05, 0) is 19.3 Å². The maximum absolute atomic E-state index is 8.57. The Kier molecular flexibility index (Phi) is 4.66. The normalized spacial score (nSPS) is 24.8. The summed E-state index contributed by atoms with van der Waals surface area (Å²) in [5.41, 5.74) is 0. The zero-order chi connectivity index (χ0) is 8.81. The van der Waals surface area contributed by atoms with E-state index in [1.807, 2.05) is 6.08 Å². The van der Waals surface area contributed by atoms with Crippen LogP contribution < -0.4 is 0 Å².